The molecular formula is C21H31F3O2. The summed E-state index contributed by atoms with van der Waals surface area (Å²) < 4.78 is 41.2. The van der Waals surface area contributed by atoms with Gasteiger partial charge in [0.15, 0.2) is 5.60 Å². The summed E-state index contributed by atoms with van der Waals surface area (Å²) in [6, 6.07) is 0. The molecule has 3 unspecified atom stereocenters. The van der Waals surface area contributed by atoms with Crippen molar-refractivity contribution in [3.8, 4) is 0 Å². The number of ketones is 1. The van der Waals surface area contributed by atoms with Crippen LogP contribution in [0, 0.1) is 40.4 Å². The predicted molar refractivity (Wildman–Crippen MR) is 92.3 cm³/mol. The van der Waals surface area contributed by atoms with Crippen LogP contribution in [0.2, 0.25) is 0 Å². The topological polar surface area (TPSA) is 37.3 Å². The van der Waals surface area contributed by atoms with E-state index in [0.717, 1.165) is 19.3 Å². The Kier molecular flexibility index (Phi) is 3.96. The number of Topliss-reactive ketones (excluding diaryl/α,β-unsaturated/α-hetero) is 1. The van der Waals surface area contributed by atoms with E-state index >= 15 is 0 Å². The van der Waals surface area contributed by atoms with Crippen LogP contribution in [0.15, 0.2) is 0 Å². The molecule has 0 amide bonds. The van der Waals surface area contributed by atoms with Gasteiger partial charge in [-0.2, -0.15) is 13.2 Å². The van der Waals surface area contributed by atoms with Crippen molar-refractivity contribution in [1.82, 2.24) is 0 Å². The van der Waals surface area contributed by atoms with Crippen molar-refractivity contribution in [3.63, 3.8) is 0 Å². The second-order valence-electron chi connectivity index (χ2n) is 10.2. The highest BCUT2D eigenvalue weighted by atomic mass is 19.4. The fourth-order valence-corrected chi connectivity index (χ4v) is 7.96. The standard InChI is InChI=1S/C21H31F3O2/c1-12-10-14(25)11-13-4-5-15-16-7-9-20(26,21(22,23)24)18(16,2)8-6-17(15)19(12,13)3/h12-13,15-17,26H,4-11H2,1-3H3/t12-,13+,15?,16?,17?,18-,19-,20-/m0/s1. The summed E-state index contributed by atoms with van der Waals surface area (Å²) in [4.78, 5) is 12.1. The SMILES string of the molecule is C[C@H]1CC(=O)C[C@H]2CCC3C(CC[C@@]4(C)C3CC[C@@]4(O)C(F)(F)F)[C@]21C. The first kappa shape index (κ1) is 18.8. The van der Waals surface area contributed by atoms with Crippen molar-refractivity contribution >= 4 is 5.78 Å². The van der Waals surface area contributed by atoms with Crippen LogP contribution in [0.5, 0.6) is 0 Å². The van der Waals surface area contributed by atoms with Crippen molar-refractivity contribution in [3.05, 3.63) is 0 Å². The minimum atomic E-state index is -4.56. The summed E-state index contributed by atoms with van der Waals surface area (Å²) in [6.07, 6.45) is 0.0816. The van der Waals surface area contributed by atoms with Gasteiger partial charge in [0.2, 0.25) is 0 Å². The molecule has 0 radical (unpaired) electrons. The lowest BCUT2D eigenvalue weighted by molar-refractivity contribution is -0.304. The highest BCUT2D eigenvalue weighted by Crippen LogP contribution is 2.70. The molecule has 0 spiro atoms. The summed E-state index contributed by atoms with van der Waals surface area (Å²) in [6.45, 7) is 6.16. The smallest absolute Gasteiger partial charge is 0.380 e. The van der Waals surface area contributed by atoms with Crippen LogP contribution < -0.4 is 0 Å². The third kappa shape index (κ3) is 2.13. The molecule has 0 aromatic rings. The van der Waals surface area contributed by atoms with Gasteiger partial charge in [0.25, 0.3) is 0 Å². The van der Waals surface area contributed by atoms with Gasteiger partial charge in [0, 0.05) is 18.3 Å². The molecule has 4 aliphatic rings. The van der Waals surface area contributed by atoms with Crippen molar-refractivity contribution in [1.29, 1.82) is 0 Å². The maximum Gasteiger partial charge on any atom is 0.417 e. The Hall–Kier alpha value is -0.580. The molecule has 148 valence electrons. The Balaban J connectivity index is 1.68. The number of aliphatic hydroxyl groups is 1. The Bertz CT molecular complexity index is 617. The molecule has 0 heterocycles. The van der Waals surface area contributed by atoms with E-state index in [4.69, 9.17) is 0 Å². The second-order valence-corrected chi connectivity index (χ2v) is 10.2. The van der Waals surface area contributed by atoms with Crippen molar-refractivity contribution in [2.75, 3.05) is 0 Å². The number of rotatable bonds is 0. The van der Waals surface area contributed by atoms with Crippen LogP contribution in [0.4, 0.5) is 13.2 Å². The van der Waals surface area contributed by atoms with Crippen LogP contribution in [-0.4, -0.2) is 22.7 Å². The first-order chi connectivity index (χ1) is 11.9. The molecule has 0 aliphatic heterocycles. The van der Waals surface area contributed by atoms with Gasteiger partial charge in [-0.1, -0.05) is 20.8 Å². The number of carbonyl (C=O) groups excluding carboxylic acids is 1. The number of carbonyl (C=O) groups is 1. The molecule has 0 aromatic carbocycles. The quantitative estimate of drug-likeness (QED) is 0.639. The molecule has 4 aliphatic carbocycles. The zero-order valence-electron chi connectivity index (χ0n) is 16.0. The highest BCUT2D eigenvalue weighted by Gasteiger charge is 2.72. The van der Waals surface area contributed by atoms with E-state index in [-0.39, 0.29) is 23.7 Å². The Morgan fingerprint density at radius 2 is 1.65 bits per heavy atom. The average molecular weight is 372 g/mol. The minimum Gasteiger partial charge on any atom is -0.380 e. The Labute approximate surface area is 153 Å². The van der Waals surface area contributed by atoms with Gasteiger partial charge in [-0.15, -0.1) is 0 Å². The van der Waals surface area contributed by atoms with Crippen LogP contribution in [-0.2, 0) is 4.79 Å². The molecule has 8 atom stereocenters. The van der Waals surface area contributed by atoms with Crippen LogP contribution in [0.25, 0.3) is 0 Å². The number of halogens is 3. The zero-order chi connectivity index (χ0) is 19.1. The number of hydrogen-bond donors (Lipinski definition) is 1. The first-order valence-electron chi connectivity index (χ1n) is 10.3. The van der Waals surface area contributed by atoms with Gasteiger partial charge < -0.3 is 5.11 Å². The molecule has 0 aromatic heterocycles. The maximum atomic E-state index is 13.7. The van der Waals surface area contributed by atoms with Crippen molar-refractivity contribution < 1.29 is 23.1 Å². The molecule has 2 nitrogen and oxygen atoms in total. The minimum absolute atomic E-state index is 0.0527. The van der Waals surface area contributed by atoms with Gasteiger partial charge in [-0.25, -0.2) is 0 Å². The summed E-state index contributed by atoms with van der Waals surface area (Å²) in [5, 5.41) is 10.7. The third-order valence-electron chi connectivity index (χ3n) is 9.65. The van der Waals surface area contributed by atoms with E-state index in [9.17, 15) is 23.1 Å². The first-order valence-corrected chi connectivity index (χ1v) is 10.3. The Morgan fingerprint density at radius 3 is 2.31 bits per heavy atom. The van der Waals surface area contributed by atoms with Crippen molar-refractivity contribution in [2.45, 2.75) is 83.9 Å². The van der Waals surface area contributed by atoms with Gasteiger partial charge in [-0.3, -0.25) is 4.79 Å². The van der Waals surface area contributed by atoms with E-state index < -0.39 is 17.2 Å². The third-order valence-corrected chi connectivity index (χ3v) is 9.65. The number of fused-ring (bicyclic) bond motifs is 5. The summed E-state index contributed by atoms with van der Waals surface area (Å²) >= 11 is 0. The molecule has 26 heavy (non-hydrogen) atoms. The largest absolute Gasteiger partial charge is 0.417 e. The molecule has 0 bridgehead atoms. The summed E-state index contributed by atoms with van der Waals surface area (Å²) in [5.41, 5.74) is -3.55. The fourth-order valence-electron chi connectivity index (χ4n) is 7.96. The molecule has 5 heteroatoms. The summed E-state index contributed by atoms with van der Waals surface area (Å²) in [7, 11) is 0. The lowest BCUT2D eigenvalue weighted by atomic mass is 9.42. The number of hydrogen-bond acceptors (Lipinski definition) is 2. The molecule has 0 saturated heterocycles. The average Bonchev–Trinajstić information content (AvgIpc) is 2.82. The van der Waals surface area contributed by atoms with Gasteiger partial charge >= 0.3 is 6.18 Å². The normalized spacial score (nSPS) is 54.4. The molecule has 4 rings (SSSR count). The van der Waals surface area contributed by atoms with E-state index in [1.54, 1.807) is 6.92 Å². The monoisotopic (exact) mass is 372 g/mol. The second kappa shape index (κ2) is 5.48. The van der Waals surface area contributed by atoms with E-state index in [2.05, 4.69) is 13.8 Å². The molecular weight excluding hydrogens is 341 g/mol. The maximum absolute atomic E-state index is 13.7. The molecule has 4 fully saturated rings. The van der Waals surface area contributed by atoms with E-state index in [1.165, 1.54) is 0 Å². The lowest BCUT2D eigenvalue weighted by Crippen LogP contribution is -2.61. The van der Waals surface area contributed by atoms with Gasteiger partial charge in [-0.05, 0) is 73.5 Å². The highest BCUT2D eigenvalue weighted by molar-refractivity contribution is 5.80. The fraction of sp³-hybridized carbons (Fsp3) is 0.952. The van der Waals surface area contributed by atoms with Crippen LogP contribution in [0.1, 0.15) is 72.1 Å². The van der Waals surface area contributed by atoms with Gasteiger partial charge in [0.05, 0.1) is 0 Å². The van der Waals surface area contributed by atoms with Crippen molar-refractivity contribution in [2.24, 2.45) is 40.4 Å². The number of alkyl halides is 3. The summed E-state index contributed by atoms with van der Waals surface area (Å²) in [5.74, 6) is 1.61. The zero-order valence-corrected chi connectivity index (χ0v) is 16.0. The lowest BCUT2D eigenvalue weighted by Gasteiger charge is -2.62. The molecule has 1 N–H and O–H groups in total. The van der Waals surface area contributed by atoms with Crippen LogP contribution >= 0.6 is 0 Å². The van der Waals surface area contributed by atoms with E-state index in [0.29, 0.717) is 49.2 Å². The molecule has 4 saturated carbocycles. The Morgan fingerprint density at radius 1 is 1.00 bits per heavy atom. The van der Waals surface area contributed by atoms with Gasteiger partial charge in [0.1, 0.15) is 5.78 Å². The van der Waals surface area contributed by atoms with E-state index in [1.807, 2.05) is 0 Å². The predicted octanol–water partition coefficient (Wildman–Crippen LogP) is 5.14. The van der Waals surface area contributed by atoms with Crippen LogP contribution in [0.3, 0.4) is 0 Å².